The zero-order valence-electron chi connectivity index (χ0n) is 31.1. The van der Waals surface area contributed by atoms with Crippen LogP contribution in [0.15, 0.2) is 170 Å². The van der Waals surface area contributed by atoms with Gasteiger partial charge in [0.25, 0.3) is 0 Å². The normalized spacial score (nSPS) is 14.6. The number of rotatable bonds is 4. The number of benzene rings is 8. The van der Waals surface area contributed by atoms with Crippen molar-refractivity contribution in [1.29, 1.82) is 0 Å². The molecular formula is C52H40N2. The molecule has 0 unspecified atom stereocenters. The molecule has 54 heavy (non-hydrogen) atoms. The van der Waals surface area contributed by atoms with Gasteiger partial charge in [-0.15, -0.1) is 0 Å². The second-order valence-electron chi connectivity index (χ2n) is 16.2. The molecule has 1 heterocycles. The summed E-state index contributed by atoms with van der Waals surface area (Å²) in [6.45, 7) is 9.47. The smallest absolute Gasteiger partial charge is 0.0561 e. The van der Waals surface area contributed by atoms with E-state index in [1.54, 1.807) is 0 Å². The van der Waals surface area contributed by atoms with Crippen molar-refractivity contribution in [3.63, 3.8) is 0 Å². The lowest BCUT2D eigenvalue weighted by Crippen LogP contribution is -2.17. The van der Waals surface area contributed by atoms with Crippen LogP contribution in [-0.4, -0.2) is 4.57 Å². The molecule has 0 radical (unpaired) electrons. The van der Waals surface area contributed by atoms with Gasteiger partial charge < -0.3 is 9.47 Å². The second kappa shape index (κ2) is 11.1. The lowest BCUT2D eigenvalue weighted by molar-refractivity contribution is 0.660. The van der Waals surface area contributed by atoms with Crippen LogP contribution in [0.2, 0.25) is 0 Å². The van der Waals surface area contributed by atoms with E-state index in [1.165, 1.54) is 82.8 Å². The first-order valence-electron chi connectivity index (χ1n) is 19.1. The topological polar surface area (TPSA) is 8.17 Å². The van der Waals surface area contributed by atoms with Crippen LogP contribution in [0.25, 0.3) is 60.5 Å². The van der Waals surface area contributed by atoms with Gasteiger partial charge in [-0.2, -0.15) is 0 Å². The van der Waals surface area contributed by atoms with Gasteiger partial charge >= 0.3 is 0 Å². The zero-order chi connectivity index (χ0) is 36.3. The minimum atomic E-state index is -0.124. The number of para-hydroxylation sites is 2. The van der Waals surface area contributed by atoms with Crippen molar-refractivity contribution in [3.8, 4) is 27.9 Å². The predicted octanol–water partition coefficient (Wildman–Crippen LogP) is 14.0. The Bertz CT molecular complexity index is 2960. The SMILES string of the molecule is CC1(C)c2ccccc2-c2cc(N(c3cccc4c3-c3ccccc3C4(C)C)c3cc(-n4c5ccccc5c5ccccc54)cc4ccccc34)ccc21. The van der Waals surface area contributed by atoms with E-state index >= 15 is 0 Å². The number of hydrogen-bond donors (Lipinski definition) is 0. The number of fused-ring (bicyclic) bond motifs is 10. The van der Waals surface area contributed by atoms with Crippen LogP contribution in [0, 0.1) is 0 Å². The maximum absolute atomic E-state index is 2.56. The van der Waals surface area contributed by atoms with Crippen LogP contribution in [0.3, 0.4) is 0 Å². The fourth-order valence-electron chi connectivity index (χ4n) is 9.97. The van der Waals surface area contributed by atoms with Crippen molar-refractivity contribution >= 4 is 49.6 Å². The Kier molecular flexibility index (Phi) is 6.39. The third-order valence-corrected chi connectivity index (χ3v) is 12.6. The standard InChI is InChI=1S/C52H40N2/c1-51(2)42-22-11-7-18-37(42)41-31-34(28-29-44(41)51)53(48-27-15-24-45-50(48)40-21-8-12-23-43(40)52(45,3)4)49-32-35(30-33-16-5-6-17-36(33)49)54-46-25-13-9-19-38(46)39-20-10-14-26-47(39)54/h5-32H,1-4H3. The average molecular weight is 693 g/mol. The van der Waals surface area contributed by atoms with Gasteiger partial charge in [0.2, 0.25) is 0 Å². The molecule has 258 valence electrons. The number of hydrogen-bond acceptors (Lipinski definition) is 1. The number of nitrogens with zero attached hydrogens (tertiary/aromatic N) is 2. The van der Waals surface area contributed by atoms with Crippen LogP contribution in [0.1, 0.15) is 49.9 Å². The highest BCUT2D eigenvalue weighted by atomic mass is 15.2. The molecule has 0 saturated carbocycles. The molecule has 11 rings (SSSR count). The summed E-state index contributed by atoms with van der Waals surface area (Å²) in [7, 11) is 0. The molecular weight excluding hydrogens is 653 g/mol. The van der Waals surface area contributed by atoms with E-state index in [0.717, 1.165) is 17.1 Å². The minimum absolute atomic E-state index is 0.0740. The summed E-state index contributed by atoms with van der Waals surface area (Å²) in [5.74, 6) is 0. The van der Waals surface area contributed by atoms with Crippen molar-refractivity contribution in [2.45, 2.75) is 38.5 Å². The van der Waals surface area contributed by atoms with Crippen molar-refractivity contribution in [2.24, 2.45) is 0 Å². The molecule has 0 aliphatic heterocycles. The Morgan fingerprint density at radius 1 is 0.407 bits per heavy atom. The summed E-state index contributed by atoms with van der Waals surface area (Å²) in [5.41, 5.74) is 17.6. The summed E-state index contributed by atoms with van der Waals surface area (Å²) >= 11 is 0. The molecule has 0 saturated heterocycles. The van der Waals surface area contributed by atoms with E-state index in [-0.39, 0.29) is 10.8 Å². The molecule has 2 aliphatic rings. The molecule has 8 aromatic carbocycles. The third-order valence-electron chi connectivity index (χ3n) is 12.6. The summed E-state index contributed by atoms with van der Waals surface area (Å²) in [6, 6.07) is 63.4. The lowest BCUT2D eigenvalue weighted by atomic mass is 9.82. The average Bonchev–Trinajstić information content (AvgIpc) is 3.75. The maximum Gasteiger partial charge on any atom is 0.0561 e. The molecule has 0 spiro atoms. The fourth-order valence-corrected chi connectivity index (χ4v) is 9.97. The molecule has 9 aromatic rings. The van der Waals surface area contributed by atoms with Gasteiger partial charge in [-0.1, -0.05) is 155 Å². The fraction of sp³-hybridized carbons (Fsp3) is 0.115. The largest absolute Gasteiger partial charge is 0.309 e. The second-order valence-corrected chi connectivity index (χ2v) is 16.2. The first-order chi connectivity index (χ1) is 26.3. The van der Waals surface area contributed by atoms with Gasteiger partial charge in [0.15, 0.2) is 0 Å². The Hall–Kier alpha value is -6.38. The van der Waals surface area contributed by atoms with Gasteiger partial charge in [0, 0.05) is 43.9 Å². The summed E-state index contributed by atoms with van der Waals surface area (Å²) in [4.78, 5) is 2.56. The van der Waals surface area contributed by atoms with Crippen LogP contribution in [-0.2, 0) is 10.8 Å². The van der Waals surface area contributed by atoms with Crippen molar-refractivity contribution in [2.75, 3.05) is 4.90 Å². The van der Waals surface area contributed by atoms with Crippen LogP contribution >= 0.6 is 0 Å². The maximum atomic E-state index is 2.56. The van der Waals surface area contributed by atoms with Crippen molar-refractivity contribution in [1.82, 2.24) is 4.57 Å². The zero-order valence-corrected chi connectivity index (χ0v) is 31.1. The highest BCUT2D eigenvalue weighted by molar-refractivity contribution is 6.10. The molecule has 0 fully saturated rings. The quantitative estimate of drug-likeness (QED) is 0.178. The van der Waals surface area contributed by atoms with E-state index in [2.05, 4.69) is 207 Å². The van der Waals surface area contributed by atoms with Gasteiger partial charge in [0.05, 0.1) is 22.4 Å². The molecule has 0 bridgehead atoms. The molecule has 0 atom stereocenters. The molecule has 2 nitrogen and oxygen atoms in total. The van der Waals surface area contributed by atoms with Gasteiger partial charge in [-0.25, -0.2) is 0 Å². The summed E-state index contributed by atoms with van der Waals surface area (Å²) in [6.07, 6.45) is 0. The van der Waals surface area contributed by atoms with Crippen LogP contribution in [0.4, 0.5) is 17.1 Å². The summed E-state index contributed by atoms with van der Waals surface area (Å²) < 4.78 is 2.45. The molecule has 0 amide bonds. The minimum Gasteiger partial charge on any atom is -0.309 e. The highest BCUT2D eigenvalue weighted by Gasteiger charge is 2.39. The Morgan fingerprint density at radius 2 is 0.963 bits per heavy atom. The first kappa shape index (κ1) is 31.2. The van der Waals surface area contributed by atoms with Crippen LogP contribution < -0.4 is 4.90 Å². The monoisotopic (exact) mass is 692 g/mol. The van der Waals surface area contributed by atoms with Crippen molar-refractivity contribution in [3.05, 3.63) is 192 Å². The van der Waals surface area contributed by atoms with E-state index in [9.17, 15) is 0 Å². The van der Waals surface area contributed by atoms with Gasteiger partial charge in [0.1, 0.15) is 0 Å². The van der Waals surface area contributed by atoms with Gasteiger partial charge in [-0.3, -0.25) is 0 Å². The molecule has 0 N–H and O–H groups in total. The van der Waals surface area contributed by atoms with Crippen molar-refractivity contribution < 1.29 is 0 Å². The number of anilines is 3. The highest BCUT2D eigenvalue weighted by Crippen LogP contribution is 2.56. The molecule has 2 heteroatoms. The van der Waals surface area contributed by atoms with E-state index < -0.39 is 0 Å². The summed E-state index contributed by atoms with van der Waals surface area (Å²) in [5, 5.41) is 4.95. The molecule has 2 aliphatic carbocycles. The predicted molar refractivity (Wildman–Crippen MR) is 228 cm³/mol. The Balaban J connectivity index is 1.25. The van der Waals surface area contributed by atoms with E-state index in [1.807, 2.05) is 0 Å². The van der Waals surface area contributed by atoms with Crippen LogP contribution in [0.5, 0.6) is 0 Å². The Labute approximate surface area is 316 Å². The third kappa shape index (κ3) is 4.17. The van der Waals surface area contributed by atoms with E-state index in [4.69, 9.17) is 0 Å². The molecule has 1 aromatic heterocycles. The first-order valence-corrected chi connectivity index (χ1v) is 19.1. The van der Waals surface area contributed by atoms with Gasteiger partial charge in [-0.05, 0) is 86.8 Å². The van der Waals surface area contributed by atoms with E-state index in [0.29, 0.717) is 0 Å². The number of aromatic nitrogens is 1. The Morgan fingerprint density at radius 3 is 1.70 bits per heavy atom. The lowest BCUT2D eigenvalue weighted by Gasteiger charge is -2.31.